The lowest BCUT2D eigenvalue weighted by Gasteiger charge is -2.18. The number of furan rings is 1. The van der Waals surface area contributed by atoms with Gasteiger partial charge in [-0.3, -0.25) is 4.79 Å². The van der Waals surface area contributed by atoms with Crippen LogP contribution in [-0.2, 0) is 22.0 Å². The molecular formula is C23H25NO6S. The van der Waals surface area contributed by atoms with Crippen LogP contribution >= 0.6 is 0 Å². The number of ether oxygens (including phenoxy) is 2. The molecule has 1 aromatic heterocycles. The standard InChI is InChI=1S/C23H25NO6S/c1-23(2)13-15-7-6-10-19(20(15)30-23)28-12-11-24-22(25)21-17(14-31(3,26)27)16-8-4-5-9-18(16)29-21/h4-10H,11-14H2,1-3H3,(H,24,25). The molecule has 0 saturated carbocycles. The second-order valence-corrected chi connectivity index (χ2v) is 10.5. The van der Waals surface area contributed by atoms with E-state index in [4.69, 9.17) is 13.9 Å². The molecule has 0 aliphatic carbocycles. The van der Waals surface area contributed by atoms with E-state index in [0.717, 1.165) is 24.0 Å². The first-order chi connectivity index (χ1) is 14.6. The van der Waals surface area contributed by atoms with Gasteiger partial charge in [-0.1, -0.05) is 30.3 Å². The Kier molecular flexibility index (Phi) is 5.43. The van der Waals surface area contributed by atoms with Crippen LogP contribution in [0.25, 0.3) is 11.0 Å². The number of para-hydroxylation sites is 2. The third-order valence-corrected chi connectivity index (χ3v) is 5.82. The summed E-state index contributed by atoms with van der Waals surface area (Å²) in [5, 5.41) is 3.37. The number of rotatable bonds is 7. The maximum absolute atomic E-state index is 12.7. The summed E-state index contributed by atoms with van der Waals surface area (Å²) >= 11 is 0. The van der Waals surface area contributed by atoms with E-state index < -0.39 is 15.7 Å². The summed E-state index contributed by atoms with van der Waals surface area (Å²) in [6.07, 6.45) is 1.94. The van der Waals surface area contributed by atoms with E-state index in [1.54, 1.807) is 24.3 Å². The van der Waals surface area contributed by atoms with Gasteiger partial charge in [-0.15, -0.1) is 0 Å². The quantitative estimate of drug-likeness (QED) is 0.562. The van der Waals surface area contributed by atoms with Crippen molar-refractivity contribution in [1.29, 1.82) is 0 Å². The molecule has 8 heteroatoms. The Hall–Kier alpha value is -3.00. The molecule has 1 N–H and O–H groups in total. The van der Waals surface area contributed by atoms with Crippen LogP contribution in [0.3, 0.4) is 0 Å². The molecule has 0 atom stereocenters. The minimum Gasteiger partial charge on any atom is -0.488 e. The zero-order valence-corrected chi connectivity index (χ0v) is 18.5. The third kappa shape index (κ3) is 4.69. The predicted molar refractivity (Wildman–Crippen MR) is 117 cm³/mol. The summed E-state index contributed by atoms with van der Waals surface area (Å²) in [6.45, 7) is 4.51. The van der Waals surface area contributed by atoms with Gasteiger partial charge in [0.2, 0.25) is 0 Å². The highest BCUT2D eigenvalue weighted by Gasteiger charge is 2.32. The molecule has 0 bridgehead atoms. The Morgan fingerprint density at radius 1 is 1.16 bits per heavy atom. The topological polar surface area (TPSA) is 94.8 Å². The lowest BCUT2D eigenvalue weighted by atomic mass is 10.0. The highest BCUT2D eigenvalue weighted by Crippen LogP contribution is 2.41. The second kappa shape index (κ2) is 7.92. The lowest BCUT2D eigenvalue weighted by Crippen LogP contribution is -2.28. The number of carbonyl (C=O) groups is 1. The van der Waals surface area contributed by atoms with E-state index in [1.165, 1.54) is 0 Å². The van der Waals surface area contributed by atoms with Gasteiger partial charge in [0.15, 0.2) is 27.1 Å². The summed E-state index contributed by atoms with van der Waals surface area (Å²) in [5.74, 6) is 0.642. The van der Waals surface area contributed by atoms with Gasteiger partial charge < -0.3 is 19.2 Å². The largest absolute Gasteiger partial charge is 0.488 e. The predicted octanol–water partition coefficient (Wildman–Crippen LogP) is 3.50. The summed E-state index contributed by atoms with van der Waals surface area (Å²) in [7, 11) is -3.35. The van der Waals surface area contributed by atoms with Crippen LogP contribution in [0.15, 0.2) is 46.9 Å². The SMILES string of the molecule is CC1(C)Cc2cccc(OCCNC(=O)c3oc4ccccc4c3CS(C)(=O)=O)c2O1. The van der Waals surface area contributed by atoms with Gasteiger partial charge in [0.25, 0.3) is 5.91 Å². The van der Waals surface area contributed by atoms with E-state index in [1.807, 2.05) is 32.0 Å². The molecule has 0 radical (unpaired) electrons. The fourth-order valence-corrected chi connectivity index (χ4v) is 4.61. The Morgan fingerprint density at radius 2 is 1.94 bits per heavy atom. The normalized spacial score (nSPS) is 14.8. The van der Waals surface area contributed by atoms with Crippen molar-refractivity contribution in [3.8, 4) is 11.5 Å². The molecule has 1 aliphatic heterocycles. The van der Waals surface area contributed by atoms with E-state index >= 15 is 0 Å². The van der Waals surface area contributed by atoms with Crippen molar-refractivity contribution in [2.45, 2.75) is 31.6 Å². The zero-order valence-electron chi connectivity index (χ0n) is 17.7. The molecule has 0 spiro atoms. The number of hydrogen-bond acceptors (Lipinski definition) is 6. The van der Waals surface area contributed by atoms with Crippen molar-refractivity contribution in [2.75, 3.05) is 19.4 Å². The van der Waals surface area contributed by atoms with E-state index in [2.05, 4.69) is 5.32 Å². The van der Waals surface area contributed by atoms with Crippen molar-refractivity contribution >= 4 is 26.7 Å². The number of nitrogens with one attached hydrogen (secondary N) is 1. The van der Waals surface area contributed by atoms with E-state index in [-0.39, 0.29) is 30.3 Å². The molecule has 31 heavy (non-hydrogen) atoms. The molecule has 0 fully saturated rings. The molecule has 2 aromatic carbocycles. The van der Waals surface area contributed by atoms with Gasteiger partial charge in [0.05, 0.1) is 12.3 Å². The van der Waals surface area contributed by atoms with Crippen LogP contribution in [0.2, 0.25) is 0 Å². The molecule has 3 aromatic rings. The molecule has 1 aliphatic rings. The number of sulfone groups is 1. The Morgan fingerprint density at radius 3 is 2.71 bits per heavy atom. The Bertz CT molecular complexity index is 1240. The number of carbonyl (C=O) groups excluding carboxylic acids is 1. The summed E-state index contributed by atoms with van der Waals surface area (Å²) in [6, 6.07) is 12.8. The van der Waals surface area contributed by atoms with Crippen molar-refractivity contribution < 1.29 is 27.1 Å². The number of benzene rings is 2. The van der Waals surface area contributed by atoms with Gasteiger partial charge >= 0.3 is 0 Å². The smallest absolute Gasteiger partial charge is 0.287 e. The van der Waals surface area contributed by atoms with Gasteiger partial charge in [-0.2, -0.15) is 0 Å². The van der Waals surface area contributed by atoms with Crippen LogP contribution in [-0.4, -0.2) is 39.3 Å². The van der Waals surface area contributed by atoms with Crippen molar-refractivity contribution in [3.63, 3.8) is 0 Å². The van der Waals surface area contributed by atoms with E-state index in [9.17, 15) is 13.2 Å². The van der Waals surface area contributed by atoms with Crippen LogP contribution in [0.5, 0.6) is 11.5 Å². The van der Waals surface area contributed by atoms with Crippen LogP contribution < -0.4 is 14.8 Å². The molecule has 0 unspecified atom stereocenters. The van der Waals surface area contributed by atoms with E-state index in [0.29, 0.717) is 22.3 Å². The highest BCUT2D eigenvalue weighted by atomic mass is 32.2. The minimum atomic E-state index is -3.35. The summed E-state index contributed by atoms with van der Waals surface area (Å²) in [5.41, 5.74) is 1.67. The van der Waals surface area contributed by atoms with Gasteiger partial charge in [0.1, 0.15) is 17.8 Å². The summed E-state index contributed by atoms with van der Waals surface area (Å²) in [4.78, 5) is 12.7. The molecule has 1 amide bonds. The van der Waals surface area contributed by atoms with Crippen molar-refractivity contribution in [3.05, 3.63) is 59.4 Å². The molecule has 7 nitrogen and oxygen atoms in total. The maximum atomic E-state index is 12.7. The fourth-order valence-electron chi connectivity index (χ4n) is 3.79. The minimum absolute atomic E-state index is 0.0114. The Balaban J connectivity index is 1.43. The first-order valence-electron chi connectivity index (χ1n) is 10.0. The first kappa shape index (κ1) is 21.2. The molecule has 0 saturated heterocycles. The molecular weight excluding hydrogens is 418 g/mol. The zero-order chi connectivity index (χ0) is 22.2. The number of amides is 1. The van der Waals surface area contributed by atoms with Crippen molar-refractivity contribution in [1.82, 2.24) is 5.32 Å². The van der Waals surface area contributed by atoms with Crippen LogP contribution in [0.4, 0.5) is 0 Å². The maximum Gasteiger partial charge on any atom is 0.287 e. The van der Waals surface area contributed by atoms with Gasteiger partial charge in [0, 0.05) is 29.2 Å². The average Bonchev–Trinajstić information content (AvgIpc) is 3.20. The van der Waals surface area contributed by atoms with Gasteiger partial charge in [-0.05, 0) is 26.0 Å². The average molecular weight is 444 g/mol. The molecule has 2 heterocycles. The summed E-state index contributed by atoms with van der Waals surface area (Å²) < 4.78 is 41.2. The number of fused-ring (bicyclic) bond motifs is 2. The highest BCUT2D eigenvalue weighted by molar-refractivity contribution is 7.89. The third-order valence-electron chi connectivity index (χ3n) is 5.01. The lowest BCUT2D eigenvalue weighted by molar-refractivity contribution is 0.0919. The van der Waals surface area contributed by atoms with Crippen LogP contribution in [0, 0.1) is 0 Å². The molecule has 164 valence electrons. The second-order valence-electron chi connectivity index (χ2n) is 8.36. The molecule has 4 rings (SSSR count). The monoisotopic (exact) mass is 443 g/mol. The van der Waals surface area contributed by atoms with Crippen LogP contribution in [0.1, 0.15) is 35.5 Å². The van der Waals surface area contributed by atoms with Crippen molar-refractivity contribution in [2.24, 2.45) is 0 Å². The fraction of sp³-hybridized carbons (Fsp3) is 0.348. The van der Waals surface area contributed by atoms with Gasteiger partial charge in [-0.25, -0.2) is 8.42 Å². The Labute approximate surface area is 181 Å². The number of hydrogen-bond donors (Lipinski definition) is 1. The first-order valence-corrected chi connectivity index (χ1v) is 12.1.